The molecule has 0 radical (unpaired) electrons. The van der Waals surface area contributed by atoms with Crippen molar-refractivity contribution in [3.05, 3.63) is 0 Å². The fraction of sp³-hybridized carbons (Fsp3) is 0.870. The van der Waals surface area contributed by atoms with E-state index in [0.29, 0.717) is 13.0 Å². The molecule has 3 rings (SSSR count). The lowest BCUT2D eigenvalue weighted by Gasteiger charge is -2.38. The van der Waals surface area contributed by atoms with Gasteiger partial charge in [-0.25, -0.2) is 0 Å². The number of thioether (sulfide) groups is 1. The van der Waals surface area contributed by atoms with Gasteiger partial charge >= 0.3 is 0 Å². The number of aliphatic hydroxyl groups is 1. The second-order valence-corrected chi connectivity index (χ2v) is 13.5. The van der Waals surface area contributed by atoms with Crippen LogP contribution in [0.2, 0.25) is 0 Å². The number of hydrogen-bond acceptors (Lipinski definition) is 5. The summed E-state index contributed by atoms with van der Waals surface area (Å²) in [7, 11) is 1.61. The molecular weight excluding hydrogens is 414 g/mol. The molecule has 3 heterocycles. The molecule has 1 spiro atoms. The SMILES string of the molecule is CNC(=O)[C@H]1[C@H]2C(=O)N(CCCO)C(C(=O)NC(C)(C)CC(C)(C)C)C23CC[C@]1(C)S3. The Hall–Kier alpha value is -1.28. The first kappa shape index (κ1) is 24.4. The van der Waals surface area contributed by atoms with Gasteiger partial charge in [0.05, 0.1) is 16.6 Å². The van der Waals surface area contributed by atoms with Crippen LogP contribution in [0.3, 0.4) is 0 Å². The number of rotatable bonds is 7. The molecule has 3 fully saturated rings. The predicted octanol–water partition coefficient (Wildman–Crippen LogP) is 1.93. The number of nitrogens with zero attached hydrogens (tertiary/aromatic N) is 1. The molecule has 0 aromatic carbocycles. The van der Waals surface area contributed by atoms with Crippen molar-refractivity contribution in [2.75, 3.05) is 20.2 Å². The Morgan fingerprint density at radius 1 is 1.19 bits per heavy atom. The maximum absolute atomic E-state index is 13.8. The molecule has 3 aliphatic rings. The molecule has 5 atom stereocenters. The van der Waals surface area contributed by atoms with E-state index >= 15 is 0 Å². The van der Waals surface area contributed by atoms with Gasteiger partial charge in [0, 0.05) is 30.5 Å². The fourth-order valence-electron chi connectivity index (χ4n) is 6.54. The highest BCUT2D eigenvalue weighted by Gasteiger charge is 2.77. The molecule has 3 aliphatic heterocycles. The number of aliphatic hydroxyl groups excluding tert-OH is 1. The minimum absolute atomic E-state index is 0.0397. The fourth-order valence-corrected chi connectivity index (χ4v) is 8.89. The summed E-state index contributed by atoms with van der Waals surface area (Å²) in [6.07, 6.45) is 2.76. The third-order valence-corrected chi connectivity index (χ3v) is 9.03. The van der Waals surface area contributed by atoms with Crippen molar-refractivity contribution in [2.24, 2.45) is 17.3 Å². The van der Waals surface area contributed by atoms with E-state index in [1.807, 2.05) is 13.8 Å². The number of carbonyl (C=O) groups excluding carboxylic acids is 3. The minimum Gasteiger partial charge on any atom is -0.396 e. The standard InChI is InChI=1S/C23H39N3O4S/c1-20(2,3)13-21(4,5)25-18(29)16-23-10-9-22(6,31-23)14(17(28)24-7)15(23)19(30)26(16)11-8-12-27/h14-16,27H,8-13H2,1-7H3,(H,24,28)(H,25,29)/t14-,15+,16?,22+,23?/m1/s1. The van der Waals surface area contributed by atoms with Crippen LogP contribution >= 0.6 is 11.8 Å². The van der Waals surface area contributed by atoms with E-state index in [-0.39, 0.29) is 34.5 Å². The maximum atomic E-state index is 13.8. The van der Waals surface area contributed by atoms with Crippen LogP contribution in [0.25, 0.3) is 0 Å². The van der Waals surface area contributed by atoms with Gasteiger partial charge in [-0.15, -0.1) is 11.8 Å². The summed E-state index contributed by atoms with van der Waals surface area (Å²) in [5.74, 6) is -1.33. The van der Waals surface area contributed by atoms with Gasteiger partial charge in [-0.05, 0) is 51.9 Å². The van der Waals surface area contributed by atoms with Crippen molar-refractivity contribution >= 4 is 29.5 Å². The number of fused-ring (bicyclic) bond motifs is 1. The van der Waals surface area contributed by atoms with Crippen molar-refractivity contribution in [3.8, 4) is 0 Å². The summed E-state index contributed by atoms with van der Waals surface area (Å²) in [5, 5.41) is 15.4. The second kappa shape index (κ2) is 7.94. The Labute approximate surface area is 190 Å². The molecule has 8 heteroatoms. The molecular formula is C23H39N3O4S. The van der Waals surface area contributed by atoms with E-state index in [1.54, 1.807) is 23.7 Å². The third kappa shape index (κ3) is 4.10. The van der Waals surface area contributed by atoms with Gasteiger partial charge in [0.25, 0.3) is 0 Å². The van der Waals surface area contributed by atoms with Gasteiger partial charge in [-0.3, -0.25) is 14.4 Å². The zero-order chi connectivity index (χ0) is 23.4. The van der Waals surface area contributed by atoms with Crippen LogP contribution in [0.5, 0.6) is 0 Å². The number of amides is 3. The number of hydrogen-bond donors (Lipinski definition) is 3. The van der Waals surface area contributed by atoms with E-state index in [9.17, 15) is 19.5 Å². The van der Waals surface area contributed by atoms with Gasteiger partial charge < -0.3 is 20.6 Å². The molecule has 3 amide bonds. The molecule has 2 unspecified atom stereocenters. The zero-order valence-electron chi connectivity index (χ0n) is 20.0. The summed E-state index contributed by atoms with van der Waals surface area (Å²) in [4.78, 5) is 41.9. The quantitative estimate of drug-likeness (QED) is 0.547. The highest BCUT2D eigenvalue weighted by Crippen LogP contribution is 2.71. The van der Waals surface area contributed by atoms with Crippen LogP contribution in [0.1, 0.15) is 67.2 Å². The van der Waals surface area contributed by atoms with Crippen molar-refractivity contribution < 1.29 is 19.5 Å². The highest BCUT2D eigenvalue weighted by molar-refractivity contribution is 8.02. The molecule has 3 N–H and O–H groups in total. The van der Waals surface area contributed by atoms with E-state index in [1.165, 1.54) is 0 Å². The van der Waals surface area contributed by atoms with Gasteiger partial charge in [0.1, 0.15) is 6.04 Å². The smallest absolute Gasteiger partial charge is 0.244 e. The average Bonchev–Trinajstić information content (AvgIpc) is 3.17. The van der Waals surface area contributed by atoms with E-state index in [0.717, 1.165) is 19.3 Å². The molecule has 7 nitrogen and oxygen atoms in total. The molecule has 0 saturated carbocycles. The minimum atomic E-state index is -0.628. The lowest BCUT2D eigenvalue weighted by atomic mass is 9.66. The maximum Gasteiger partial charge on any atom is 0.244 e. The van der Waals surface area contributed by atoms with Crippen LogP contribution < -0.4 is 10.6 Å². The first-order valence-electron chi connectivity index (χ1n) is 11.4. The van der Waals surface area contributed by atoms with E-state index in [2.05, 4.69) is 38.3 Å². The normalized spacial score (nSPS) is 34.8. The molecule has 2 bridgehead atoms. The molecule has 0 aliphatic carbocycles. The van der Waals surface area contributed by atoms with Gasteiger partial charge in [-0.1, -0.05) is 20.8 Å². The number of nitrogens with one attached hydrogen (secondary N) is 2. The molecule has 31 heavy (non-hydrogen) atoms. The average molecular weight is 454 g/mol. The molecule has 0 aromatic rings. The summed E-state index contributed by atoms with van der Waals surface area (Å²) in [6.45, 7) is 12.8. The van der Waals surface area contributed by atoms with Crippen molar-refractivity contribution in [1.29, 1.82) is 0 Å². The monoisotopic (exact) mass is 453 g/mol. The lowest BCUT2D eigenvalue weighted by Crippen LogP contribution is -2.58. The van der Waals surface area contributed by atoms with E-state index in [4.69, 9.17) is 0 Å². The predicted molar refractivity (Wildman–Crippen MR) is 123 cm³/mol. The van der Waals surface area contributed by atoms with Crippen LogP contribution in [0.4, 0.5) is 0 Å². The first-order valence-corrected chi connectivity index (χ1v) is 12.2. The van der Waals surface area contributed by atoms with Crippen molar-refractivity contribution in [1.82, 2.24) is 15.5 Å². The van der Waals surface area contributed by atoms with Crippen LogP contribution in [0, 0.1) is 17.3 Å². The summed E-state index contributed by atoms with van der Waals surface area (Å²) >= 11 is 1.67. The first-order chi connectivity index (χ1) is 14.2. The largest absolute Gasteiger partial charge is 0.396 e. The van der Waals surface area contributed by atoms with Crippen LogP contribution in [-0.2, 0) is 14.4 Å². The Bertz CT molecular complexity index is 764. The summed E-state index contributed by atoms with van der Waals surface area (Å²) in [6, 6.07) is -0.628. The van der Waals surface area contributed by atoms with Crippen molar-refractivity contribution in [2.45, 2.75) is 88.3 Å². The van der Waals surface area contributed by atoms with Crippen LogP contribution in [0.15, 0.2) is 0 Å². The molecule has 0 aromatic heterocycles. The van der Waals surface area contributed by atoms with E-state index < -0.39 is 28.2 Å². The Kier molecular flexibility index (Phi) is 6.24. The Morgan fingerprint density at radius 2 is 1.84 bits per heavy atom. The second-order valence-electron chi connectivity index (χ2n) is 11.6. The summed E-state index contributed by atoms with van der Waals surface area (Å²) in [5.41, 5.74) is -0.390. The highest BCUT2D eigenvalue weighted by atomic mass is 32.2. The van der Waals surface area contributed by atoms with Crippen LogP contribution in [-0.4, -0.2) is 69.0 Å². The molecule has 176 valence electrons. The van der Waals surface area contributed by atoms with Gasteiger partial charge in [0.15, 0.2) is 0 Å². The van der Waals surface area contributed by atoms with Crippen molar-refractivity contribution in [3.63, 3.8) is 0 Å². The Balaban J connectivity index is 1.98. The molecule has 3 saturated heterocycles. The lowest BCUT2D eigenvalue weighted by molar-refractivity contribution is -0.141. The number of carbonyl (C=O) groups is 3. The van der Waals surface area contributed by atoms with Gasteiger partial charge in [0.2, 0.25) is 17.7 Å². The number of likely N-dealkylation sites (tertiary alicyclic amines) is 1. The topological polar surface area (TPSA) is 98.7 Å². The Morgan fingerprint density at radius 3 is 2.39 bits per heavy atom. The third-order valence-electron chi connectivity index (χ3n) is 7.04. The summed E-state index contributed by atoms with van der Waals surface area (Å²) < 4.78 is -0.941. The zero-order valence-corrected chi connectivity index (χ0v) is 20.8. The van der Waals surface area contributed by atoms with Gasteiger partial charge in [-0.2, -0.15) is 0 Å².